The fourth-order valence-electron chi connectivity index (χ4n) is 5.32. The molecule has 0 aliphatic rings. The number of hydrogen-bond donors (Lipinski definition) is 0. The number of allylic oxidation sites excluding steroid dienone is 2. The zero-order valence-corrected chi connectivity index (χ0v) is 20.2. The van der Waals surface area contributed by atoms with E-state index in [1.807, 2.05) is 12.1 Å². The van der Waals surface area contributed by atoms with Crippen molar-refractivity contribution in [3.63, 3.8) is 0 Å². The molecule has 37 heavy (non-hydrogen) atoms. The van der Waals surface area contributed by atoms with Gasteiger partial charge in [-0.15, -0.1) is 0 Å². The smallest absolute Gasteiger partial charge is 0.236 e. The molecule has 0 N–H and O–H groups in total. The Kier molecular flexibility index (Phi) is 4.72. The quantitative estimate of drug-likeness (QED) is 0.256. The Morgan fingerprint density at radius 1 is 0.811 bits per heavy atom. The van der Waals surface area contributed by atoms with Crippen molar-refractivity contribution in [1.29, 1.82) is 0 Å². The first-order chi connectivity index (χ1) is 18.3. The summed E-state index contributed by atoms with van der Waals surface area (Å²) in [5.74, 6) is 0.565. The molecule has 0 aliphatic carbocycles. The van der Waals surface area contributed by atoms with Crippen LogP contribution in [-0.2, 0) is 0 Å². The number of aromatic nitrogens is 6. The summed E-state index contributed by atoms with van der Waals surface area (Å²) in [4.78, 5) is 18.0. The van der Waals surface area contributed by atoms with Gasteiger partial charge in [0, 0.05) is 34.2 Å². The van der Waals surface area contributed by atoms with Crippen molar-refractivity contribution in [2.45, 2.75) is 6.92 Å². The minimum absolute atomic E-state index is 0.565. The maximum Gasteiger partial charge on any atom is 0.236 e. The van der Waals surface area contributed by atoms with Crippen molar-refractivity contribution in [2.75, 3.05) is 0 Å². The SMILES string of the molecule is C=C/C=C\c1c(C)c2c(ccc3c4ccccc4n(-c4ccccc4)c32)n1-c1ncc2cncnc2n1. The Labute approximate surface area is 212 Å². The number of benzene rings is 3. The van der Waals surface area contributed by atoms with E-state index < -0.39 is 0 Å². The van der Waals surface area contributed by atoms with Crippen LogP contribution >= 0.6 is 0 Å². The zero-order chi connectivity index (χ0) is 24.9. The topological polar surface area (TPSA) is 61.4 Å². The summed E-state index contributed by atoms with van der Waals surface area (Å²) in [6.45, 7) is 6.05. The van der Waals surface area contributed by atoms with Crippen LogP contribution in [0.4, 0.5) is 0 Å². The lowest BCUT2D eigenvalue weighted by Gasteiger charge is -2.09. The minimum Gasteiger partial charge on any atom is -0.309 e. The highest BCUT2D eigenvalue weighted by Gasteiger charge is 2.22. The lowest BCUT2D eigenvalue weighted by atomic mass is 10.1. The van der Waals surface area contributed by atoms with Gasteiger partial charge in [0.25, 0.3) is 0 Å². The number of rotatable bonds is 4. The van der Waals surface area contributed by atoms with E-state index in [4.69, 9.17) is 9.97 Å². The molecule has 0 saturated carbocycles. The number of hydrogen-bond acceptors (Lipinski definition) is 4. The lowest BCUT2D eigenvalue weighted by Crippen LogP contribution is -2.04. The largest absolute Gasteiger partial charge is 0.309 e. The number of para-hydroxylation sites is 2. The highest BCUT2D eigenvalue weighted by molar-refractivity contribution is 6.19. The van der Waals surface area contributed by atoms with Gasteiger partial charge < -0.3 is 4.57 Å². The van der Waals surface area contributed by atoms with E-state index in [2.05, 4.69) is 99.3 Å². The summed E-state index contributed by atoms with van der Waals surface area (Å²) >= 11 is 0. The van der Waals surface area contributed by atoms with Gasteiger partial charge in [0.2, 0.25) is 5.95 Å². The highest BCUT2D eigenvalue weighted by Crippen LogP contribution is 2.40. The molecular formula is C31H22N6. The first kappa shape index (κ1) is 21.2. The third-order valence-corrected chi connectivity index (χ3v) is 6.90. The molecule has 0 saturated heterocycles. The minimum atomic E-state index is 0.565. The molecule has 0 aliphatic heterocycles. The van der Waals surface area contributed by atoms with Crippen LogP contribution in [0.3, 0.4) is 0 Å². The molecule has 6 heteroatoms. The van der Waals surface area contributed by atoms with Crippen LogP contribution in [0.2, 0.25) is 0 Å². The standard InChI is InChI=1S/C31H22N6/c1-3-4-13-25-20(2)28-27(37(25)31-33-18-21-17-32-19-34-30(21)35-31)16-15-24-23-12-8-9-14-26(23)36(29(24)28)22-10-6-5-7-11-22/h3-19H,1H2,2H3/b13-4-. The van der Waals surface area contributed by atoms with Crippen molar-refractivity contribution in [2.24, 2.45) is 0 Å². The molecule has 7 rings (SSSR count). The second kappa shape index (κ2) is 8.24. The summed E-state index contributed by atoms with van der Waals surface area (Å²) in [7, 11) is 0. The van der Waals surface area contributed by atoms with Gasteiger partial charge in [-0.1, -0.05) is 61.2 Å². The van der Waals surface area contributed by atoms with Crippen molar-refractivity contribution >= 4 is 49.8 Å². The predicted octanol–water partition coefficient (Wildman–Crippen LogP) is 6.97. The summed E-state index contributed by atoms with van der Waals surface area (Å²) in [5, 5.41) is 4.39. The van der Waals surface area contributed by atoms with E-state index in [1.54, 1.807) is 18.5 Å². The molecular weight excluding hydrogens is 456 g/mol. The van der Waals surface area contributed by atoms with E-state index in [1.165, 1.54) is 22.6 Å². The molecule has 0 spiro atoms. The van der Waals surface area contributed by atoms with Crippen LogP contribution in [0.15, 0.2) is 104 Å². The van der Waals surface area contributed by atoms with E-state index in [0.717, 1.165) is 38.8 Å². The molecule has 0 radical (unpaired) electrons. The Morgan fingerprint density at radius 3 is 2.51 bits per heavy atom. The Bertz CT molecular complexity index is 2010. The Hall–Kier alpha value is -5.10. The molecule has 3 aromatic carbocycles. The molecule has 4 heterocycles. The molecule has 7 aromatic rings. The van der Waals surface area contributed by atoms with Crippen molar-refractivity contribution in [3.8, 4) is 11.6 Å². The number of fused-ring (bicyclic) bond motifs is 6. The third kappa shape index (κ3) is 3.12. The van der Waals surface area contributed by atoms with Gasteiger partial charge in [0.15, 0.2) is 5.65 Å². The van der Waals surface area contributed by atoms with Crippen LogP contribution in [0.5, 0.6) is 0 Å². The van der Waals surface area contributed by atoms with Crippen LogP contribution in [0, 0.1) is 6.92 Å². The highest BCUT2D eigenvalue weighted by atomic mass is 15.2. The van der Waals surface area contributed by atoms with Gasteiger partial charge in [-0.05, 0) is 42.8 Å². The van der Waals surface area contributed by atoms with Gasteiger partial charge in [-0.25, -0.2) is 15.0 Å². The number of nitrogens with zero attached hydrogens (tertiary/aromatic N) is 6. The van der Waals surface area contributed by atoms with Gasteiger partial charge >= 0.3 is 0 Å². The molecule has 6 nitrogen and oxygen atoms in total. The molecule has 0 bridgehead atoms. The van der Waals surface area contributed by atoms with Gasteiger partial charge in [0.05, 0.1) is 27.6 Å². The summed E-state index contributed by atoms with van der Waals surface area (Å²) in [5.41, 5.74) is 7.24. The van der Waals surface area contributed by atoms with Gasteiger partial charge in [0.1, 0.15) is 6.33 Å². The van der Waals surface area contributed by atoms with Crippen molar-refractivity contribution < 1.29 is 0 Å². The Morgan fingerprint density at radius 2 is 1.65 bits per heavy atom. The maximum absolute atomic E-state index is 4.82. The van der Waals surface area contributed by atoms with E-state index >= 15 is 0 Å². The molecule has 0 amide bonds. The zero-order valence-electron chi connectivity index (χ0n) is 20.2. The average molecular weight is 479 g/mol. The third-order valence-electron chi connectivity index (χ3n) is 6.90. The lowest BCUT2D eigenvalue weighted by molar-refractivity contribution is 0.957. The molecule has 0 fully saturated rings. The molecule has 0 unspecified atom stereocenters. The van der Waals surface area contributed by atoms with E-state index in [-0.39, 0.29) is 0 Å². The molecule has 4 aromatic heterocycles. The normalized spacial score (nSPS) is 11.9. The summed E-state index contributed by atoms with van der Waals surface area (Å²) in [6, 6.07) is 23.5. The summed E-state index contributed by atoms with van der Waals surface area (Å²) < 4.78 is 4.47. The van der Waals surface area contributed by atoms with Crippen LogP contribution in [0.25, 0.3) is 61.5 Å². The fraction of sp³-hybridized carbons (Fsp3) is 0.0323. The summed E-state index contributed by atoms with van der Waals surface area (Å²) in [6.07, 6.45) is 10.8. The van der Waals surface area contributed by atoms with Gasteiger partial charge in [-0.3, -0.25) is 4.57 Å². The van der Waals surface area contributed by atoms with Crippen LogP contribution in [-0.4, -0.2) is 29.1 Å². The van der Waals surface area contributed by atoms with Crippen molar-refractivity contribution in [1.82, 2.24) is 29.1 Å². The first-order valence-electron chi connectivity index (χ1n) is 12.1. The second-order valence-electron chi connectivity index (χ2n) is 8.96. The fourth-order valence-corrected chi connectivity index (χ4v) is 5.32. The van der Waals surface area contributed by atoms with Crippen LogP contribution in [0.1, 0.15) is 11.3 Å². The van der Waals surface area contributed by atoms with Crippen molar-refractivity contribution in [3.05, 3.63) is 115 Å². The van der Waals surface area contributed by atoms with E-state index in [0.29, 0.717) is 11.6 Å². The first-order valence-corrected chi connectivity index (χ1v) is 12.1. The molecule has 176 valence electrons. The predicted molar refractivity (Wildman–Crippen MR) is 150 cm³/mol. The average Bonchev–Trinajstić information content (AvgIpc) is 3.43. The van der Waals surface area contributed by atoms with Crippen LogP contribution < -0.4 is 0 Å². The number of aryl methyl sites for hydroxylation is 1. The van der Waals surface area contributed by atoms with E-state index in [9.17, 15) is 0 Å². The second-order valence-corrected chi connectivity index (χ2v) is 8.96. The Balaban J connectivity index is 1.67. The van der Waals surface area contributed by atoms with Gasteiger partial charge in [-0.2, -0.15) is 4.98 Å². The molecule has 0 atom stereocenters. The maximum atomic E-state index is 4.82. The monoisotopic (exact) mass is 478 g/mol.